The third-order valence-corrected chi connectivity index (χ3v) is 7.50. The number of hydrogen-bond donors (Lipinski definition) is 1. The van der Waals surface area contributed by atoms with E-state index in [0.29, 0.717) is 45.8 Å². The Labute approximate surface area is 218 Å². The fourth-order valence-electron chi connectivity index (χ4n) is 5.39. The number of benzene rings is 2. The van der Waals surface area contributed by atoms with E-state index in [4.69, 9.17) is 15.6 Å². The molecule has 0 bridgehead atoms. The number of ether oxygens (including phenoxy) is 1. The number of aryl methyl sites for hydroxylation is 1. The highest BCUT2D eigenvalue weighted by molar-refractivity contribution is 6.03. The normalized spacial score (nSPS) is 17.6. The molecule has 4 heterocycles. The van der Waals surface area contributed by atoms with E-state index in [1.165, 1.54) is 24.3 Å². The molecule has 2 aromatic carbocycles. The minimum atomic E-state index is -0.623. The van der Waals surface area contributed by atoms with Crippen LogP contribution in [-0.4, -0.2) is 59.8 Å². The minimum Gasteiger partial charge on any atom is -0.508 e. The lowest BCUT2D eigenvalue weighted by Gasteiger charge is -2.32. The molecule has 0 unspecified atom stereocenters. The summed E-state index contributed by atoms with van der Waals surface area (Å²) in [5, 5.41) is 11.6. The molecule has 2 aliphatic heterocycles. The van der Waals surface area contributed by atoms with Gasteiger partial charge in [0, 0.05) is 42.1 Å². The zero-order chi connectivity index (χ0) is 26.6. The van der Waals surface area contributed by atoms with E-state index in [0.717, 1.165) is 39.0 Å². The molecule has 194 valence electrons. The Morgan fingerprint density at radius 2 is 2.05 bits per heavy atom. The van der Waals surface area contributed by atoms with E-state index in [9.17, 15) is 14.3 Å². The van der Waals surface area contributed by atoms with Crippen molar-refractivity contribution in [2.45, 2.75) is 19.8 Å². The van der Waals surface area contributed by atoms with E-state index >= 15 is 0 Å². The van der Waals surface area contributed by atoms with Gasteiger partial charge < -0.3 is 24.1 Å². The predicted molar refractivity (Wildman–Crippen MR) is 143 cm³/mol. The van der Waals surface area contributed by atoms with Crippen molar-refractivity contribution in [1.82, 2.24) is 14.9 Å². The quantitative estimate of drug-likeness (QED) is 0.399. The Kier molecular flexibility index (Phi) is 5.92. The number of nitrogens with zero attached hydrogens (tertiary/aromatic N) is 4. The molecule has 6 rings (SSSR count). The first-order valence-corrected chi connectivity index (χ1v) is 12.7. The smallest absolute Gasteiger partial charge is 0.349 e. The molecule has 8 nitrogen and oxygen atoms in total. The highest BCUT2D eigenvalue weighted by atomic mass is 19.1. The average Bonchev–Trinajstić information content (AvgIpc) is 3.28. The van der Waals surface area contributed by atoms with Gasteiger partial charge in [-0.2, -0.15) is 9.97 Å². The molecule has 2 fully saturated rings. The minimum absolute atomic E-state index is 0.0224. The van der Waals surface area contributed by atoms with Gasteiger partial charge in [0.15, 0.2) is 5.82 Å². The Morgan fingerprint density at radius 1 is 1.24 bits per heavy atom. The Hall–Kier alpha value is -4.16. The Bertz CT molecular complexity index is 1690. The molecule has 0 amide bonds. The molecule has 0 spiro atoms. The molecule has 0 radical (unpaired) electrons. The van der Waals surface area contributed by atoms with Gasteiger partial charge in [0.05, 0.1) is 17.7 Å². The van der Waals surface area contributed by atoms with Gasteiger partial charge in [0.2, 0.25) is 0 Å². The standard InChI is InChI=1S/C29H27FN4O4/c1-4-20-22(30)7-6-18-12-19(35)13-21(23(18)20)26-16(2)25-24(28(36)38-26)27(34-9-5-10-34)32-29(31-25)37-15-17-8-11-33(3)14-17/h1,6-7,12-13,17,35H,5,8-11,14-15H2,2-3H3/t17-/m0/s1. The number of phenols is 1. The van der Waals surface area contributed by atoms with Gasteiger partial charge in [-0.3, -0.25) is 0 Å². The summed E-state index contributed by atoms with van der Waals surface area (Å²) in [5.74, 6) is 2.77. The number of anilines is 1. The maximum atomic E-state index is 14.7. The zero-order valence-corrected chi connectivity index (χ0v) is 21.3. The summed E-state index contributed by atoms with van der Waals surface area (Å²) in [6.45, 7) is 5.74. The van der Waals surface area contributed by atoms with Gasteiger partial charge >= 0.3 is 11.6 Å². The molecule has 9 heteroatoms. The van der Waals surface area contributed by atoms with E-state index in [1.807, 2.05) is 4.90 Å². The second-order valence-corrected chi connectivity index (χ2v) is 10.1. The van der Waals surface area contributed by atoms with E-state index in [-0.39, 0.29) is 28.5 Å². The lowest BCUT2D eigenvalue weighted by Crippen LogP contribution is -2.38. The molecule has 2 aromatic heterocycles. The third kappa shape index (κ3) is 4.02. The molecular formula is C29H27FN4O4. The molecule has 1 atom stereocenters. The van der Waals surface area contributed by atoms with E-state index in [1.54, 1.807) is 6.92 Å². The zero-order valence-electron chi connectivity index (χ0n) is 21.3. The summed E-state index contributed by atoms with van der Waals surface area (Å²) in [6, 6.07) is 5.89. The van der Waals surface area contributed by atoms with Crippen LogP contribution in [0.2, 0.25) is 0 Å². The number of terminal acetylenes is 1. The number of rotatable bonds is 5. The predicted octanol–water partition coefficient (Wildman–Crippen LogP) is 4.08. The van der Waals surface area contributed by atoms with Gasteiger partial charge in [-0.15, -0.1) is 6.42 Å². The molecular weight excluding hydrogens is 487 g/mol. The molecule has 2 aliphatic rings. The van der Waals surface area contributed by atoms with Crippen molar-refractivity contribution in [2.75, 3.05) is 44.7 Å². The molecule has 0 saturated carbocycles. The number of likely N-dealkylation sites (tertiary alicyclic amines) is 1. The van der Waals surface area contributed by atoms with E-state index in [2.05, 4.69) is 27.8 Å². The number of hydrogen-bond acceptors (Lipinski definition) is 8. The van der Waals surface area contributed by atoms with Crippen LogP contribution in [0.5, 0.6) is 11.8 Å². The summed E-state index contributed by atoms with van der Waals surface area (Å²) >= 11 is 0. The lowest BCUT2D eigenvalue weighted by molar-refractivity contribution is 0.233. The maximum Gasteiger partial charge on any atom is 0.349 e. The first-order valence-electron chi connectivity index (χ1n) is 12.7. The fourth-order valence-corrected chi connectivity index (χ4v) is 5.39. The van der Waals surface area contributed by atoms with Crippen LogP contribution in [0.4, 0.5) is 10.2 Å². The maximum absolute atomic E-state index is 14.7. The largest absolute Gasteiger partial charge is 0.508 e. The third-order valence-electron chi connectivity index (χ3n) is 7.50. The van der Waals surface area contributed by atoms with Crippen molar-refractivity contribution >= 4 is 27.5 Å². The number of phenolic OH excluding ortho intramolecular Hbond substituents is 1. The summed E-state index contributed by atoms with van der Waals surface area (Å²) in [6.07, 6.45) is 7.69. The lowest BCUT2D eigenvalue weighted by atomic mass is 9.95. The number of aromatic nitrogens is 2. The van der Waals surface area contributed by atoms with Gasteiger partial charge in [-0.1, -0.05) is 12.0 Å². The molecule has 2 saturated heterocycles. The number of fused-ring (bicyclic) bond motifs is 2. The SMILES string of the molecule is C#Cc1c(F)ccc2cc(O)cc(-c3oc(=O)c4c(N5CCC5)nc(OC[C@H]5CCN(C)C5)nc4c3C)c12. The second kappa shape index (κ2) is 9.30. The topological polar surface area (TPSA) is 91.9 Å². The van der Waals surface area contributed by atoms with Gasteiger partial charge in [-0.25, -0.2) is 9.18 Å². The monoisotopic (exact) mass is 514 g/mol. The van der Waals surface area contributed by atoms with Gasteiger partial charge in [0.25, 0.3) is 0 Å². The molecule has 0 aliphatic carbocycles. The Balaban J connectivity index is 1.56. The Morgan fingerprint density at radius 3 is 2.74 bits per heavy atom. The highest BCUT2D eigenvalue weighted by Crippen LogP contribution is 2.39. The second-order valence-electron chi connectivity index (χ2n) is 10.1. The van der Waals surface area contributed by atoms with Crippen LogP contribution in [0.3, 0.4) is 0 Å². The average molecular weight is 515 g/mol. The van der Waals surface area contributed by atoms with Crippen LogP contribution in [0, 0.1) is 31.0 Å². The first kappa shape index (κ1) is 24.2. The van der Waals surface area contributed by atoms with Crippen molar-refractivity contribution in [3.05, 3.63) is 51.6 Å². The summed E-state index contributed by atoms with van der Waals surface area (Å²) in [7, 11) is 2.08. The van der Waals surface area contributed by atoms with Crippen LogP contribution in [0.1, 0.15) is 24.0 Å². The molecule has 4 aromatic rings. The van der Waals surface area contributed by atoms with Crippen LogP contribution in [0.25, 0.3) is 33.0 Å². The van der Waals surface area contributed by atoms with Gasteiger partial charge in [-0.05, 0) is 56.9 Å². The van der Waals surface area contributed by atoms with Crippen LogP contribution in [0.15, 0.2) is 33.5 Å². The van der Waals surface area contributed by atoms with Crippen LogP contribution >= 0.6 is 0 Å². The highest BCUT2D eigenvalue weighted by Gasteiger charge is 2.27. The van der Waals surface area contributed by atoms with Crippen LogP contribution in [-0.2, 0) is 0 Å². The van der Waals surface area contributed by atoms with Crippen molar-refractivity contribution in [1.29, 1.82) is 0 Å². The van der Waals surface area contributed by atoms with Crippen molar-refractivity contribution in [3.63, 3.8) is 0 Å². The number of halogens is 1. The summed E-state index contributed by atoms with van der Waals surface area (Å²) < 4.78 is 26.6. The van der Waals surface area contributed by atoms with Crippen molar-refractivity contribution < 1.29 is 18.7 Å². The van der Waals surface area contributed by atoms with Crippen molar-refractivity contribution in [2.24, 2.45) is 5.92 Å². The van der Waals surface area contributed by atoms with Crippen molar-refractivity contribution in [3.8, 4) is 35.4 Å². The summed E-state index contributed by atoms with van der Waals surface area (Å²) in [4.78, 5) is 27.0. The van der Waals surface area contributed by atoms with E-state index < -0.39 is 11.4 Å². The first-order chi connectivity index (χ1) is 18.3. The van der Waals surface area contributed by atoms with Gasteiger partial charge in [0.1, 0.15) is 22.7 Å². The van der Waals surface area contributed by atoms with Crippen LogP contribution < -0.4 is 15.3 Å². The molecule has 38 heavy (non-hydrogen) atoms. The number of aromatic hydroxyl groups is 1. The fraction of sp³-hybridized carbons (Fsp3) is 0.345. The molecule has 1 N–H and O–H groups in total. The summed E-state index contributed by atoms with van der Waals surface area (Å²) in [5.41, 5.74) is 0.635.